The summed E-state index contributed by atoms with van der Waals surface area (Å²) < 4.78 is 0. The van der Waals surface area contributed by atoms with E-state index >= 15 is 0 Å². The third-order valence-corrected chi connectivity index (χ3v) is 4.50. The minimum atomic E-state index is 0.0576. The molecule has 94 valence electrons. The van der Waals surface area contributed by atoms with Crippen LogP contribution in [0.4, 0.5) is 5.69 Å². The number of anilines is 1. The summed E-state index contributed by atoms with van der Waals surface area (Å²) in [4.78, 5) is 0. The van der Waals surface area contributed by atoms with Crippen LogP contribution in [0, 0.1) is 11.8 Å². The fraction of sp³-hybridized carbons (Fsp3) is 0.412. The van der Waals surface area contributed by atoms with Crippen molar-refractivity contribution in [2.45, 2.75) is 32.2 Å². The van der Waals surface area contributed by atoms with Gasteiger partial charge in [0.05, 0.1) is 5.54 Å². The van der Waals surface area contributed by atoms with Gasteiger partial charge in [-0.05, 0) is 30.9 Å². The molecule has 1 heteroatoms. The molecule has 1 N–H and O–H groups in total. The highest BCUT2D eigenvalue weighted by Crippen LogP contribution is 2.41. The topological polar surface area (TPSA) is 12.0 Å². The molecule has 0 radical (unpaired) electrons. The molecule has 0 fully saturated rings. The zero-order valence-corrected chi connectivity index (χ0v) is 11.2. The second kappa shape index (κ2) is 4.31. The van der Waals surface area contributed by atoms with Crippen molar-refractivity contribution in [2.24, 2.45) is 11.8 Å². The Kier molecular flexibility index (Phi) is 2.77. The zero-order chi connectivity index (χ0) is 12.6. The number of hydrogen-bond donors (Lipinski definition) is 1. The van der Waals surface area contributed by atoms with Crippen LogP contribution in [0.25, 0.3) is 0 Å². The number of allylic oxidation sites excluding steroid dienone is 2. The van der Waals surface area contributed by atoms with E-state index in [9.17, 15) is 0 Å². The maximum absolute atomic E-state index is 3.76. The minimum absolute atomic E-state index is 0.0576. The lowest BCUT2D eigenvalue weighted by Crippen LogP contribution is -2.43. The fourth-order valence-corrected chi connectivity index (χ4v) is 3.44. The van der Waals surface area contributed by atoms with Crippen molar-refractivity contribution in [2.75, 3.05) is 5.32 Å². The van der Waals surface area contributed by atoms with E-state index in [1.54, 1.807) is 0 Å². The first-order valence-electron chi connectivity index (χ1n) is 6.95. The molecule has 1 aromatic carbocycles. The second-order valence-electron chi connectivity index (χ2n) is 5.71. The smallest absolute Gasteiger partial charge is 0.0596 e. The molecule has 0 aromatic heterocycles. The van der Waals surface area contributed by atoms with E-state index in [0.717, 1.165) is 0 Å². The van der Waals surface area contributed by atoms with Crippen LogP contribution in [-0.4, -0.2) is 5.54 Å². The van der Waals surface area contributed by atoms with Crippen LogP contribution in [0.5, 0.6) is 0 Å². The van der Waals surface area contributed by atoms with Gasteiger partial charge in [0.25, 0.3) is 0 Å². The predicted octanol–water partition coefficient (Wildman–Crippen LogP) is 4.18. The molecule has 2 aliphatic rings. The highest BCUT2D eigenvalue weighted by Gasteiger charge is 2.38. The van der Waals surface area contributed by atoms with E-state index < -0.39 is 0 Å². The van der Waals surface area contributed by atoms with E-state index in [1.165, 1.54) is 24.1 Å². The molecular weight excluding hydrogens is 218 g/mol. The van der Waals surface area contributed by atoms with E-state index in [2.05, 4.69) is 67.7 Å². The summed E-state index contributed by atoms with van der Waals surface area (Å²) in [7, 11) is 0. The Hall–Kier alpha value is -1.50. The highest BCUT2D eigenvalue weighted by molar-refractivity contribution is 5.56. The third kappa shape index (κ3) is 1.78. The summed E-state index contributed by atoms with van der Waals surface area (Å²) in [6.07, 6.45) is 11.5. The number of hydrogen-bond acceptors (Lipinski definition) is 1. The molecule has 3 rings (SSSR count). The van der Waals surface area contributed by atoms with Gasteiger partial charge in [0, 0.05) is 11.6 Å². The van der Waals surface area contributed by atoms with Crippen molar-refractivity contribution in [3.8, 4) is 0 Å². The van der Waals surface area contributed by atoms with Gasteiger partial charge in [-0.25, -0.2) is 0 Å². The van der Waals surface area contributed by atoms with Gasteiger partial charge in [-0.1, -0.05) is 55.8 Å². The van der Waals surface area contributed by atoms with Crippen molar-refractivity contribution in [3.63, 3.8) is 0 Å². The summed E-state index contributed by atoms with van der Waals surface area (Å²) in [5.74, 6) is 1.30. The van der Waals surface area contributed by atoms with Crippen LogP contribution in [0.3, 0.4) is 0 Å². The molecular formula is C17H21N. The van der Waals surface area contributed by atoms with Crippen LogP contribution in [0.2, 0.25) is 0 Å². The largest absolute Gasteiger partial charge is 0.376 e. The summed E-state index contributed by atoms with van der Waals surface area (Å²) in [5, 5.41) is 3.76. The molecule has 1 heterocycles. The highest BCUT2D eigenvalue weighted by atomic mass is 15.0. The van der Waals surface area contributed by atoms with E-state index in [1.807, 2.05) is 0 Å². The van der Waals surface area contributed by atoms with Crippen molar-refractivity contribution in [1.29, 1.82) is 0 Å². The normalized spacial score (nSPS) is 33.2. The Bertz CT molecular complexity index is 500. The van der Waals surface area contributed by atoms with Gasteiger partial charge in [0.1, 0.15) is 0 Å². The van der Waals surface area contributed by atoms with Crippen LogP contribution in [0.15, 0.2) is 48.6 Å². The van der Waals surface area contributed by atoms with Crippen LogP contribution >= 0.6 is 0 Å². The van der Waals surface area contributed by atoms with E-state index in [-0.39, 0.29) is 5.54 Å². The summed E-state index contributed by atoms with van der Waals surface area (Å²) in [5.41, 5.74) is 2.82. The Morgan fingerprint density at radius 3 is 2.94 bits per heavy atom. The molecule has 3 atom stereocenters. The molecule has 0 bridgehead atoms. The monoisotopic (exact) mass is 239 g/mol. The number of fused-ring (bicyclic) bond motifs is 2. The number of nitrogens with one attached hydrogen (secondary N) is 1. The Balaban J connectivity index is 2.08. The molecule has 1 nitrogen and oxygen atoms in total. The first-order valence-corrected chi connectivity index (χ1v) is 6.95. The lowest BCUT2D eigenvalue weighted by Gasteiger charge is -2.39. The van der Waals surface area contributed by atoms with Gasteiger partial charge in [-0.2, -0.15) is 0 Å². The SMILES string of the molecule is CCC1Cc2ccccc2NC2(C)C=CC=CC12. The lowest BCUT2D eigenvalue weighted by atomic mass is 9.72. The van der Waals surface area contributed by atoms with Gasteiger partial charge in [0.2, 0.25) is 0 Å². The molecule has 3 unspecified atom stereocenters. The molecule has 0 saturated carbocycles. The molecule has 1 aliphatic carbocycles. The molecule has 18 heavy (non-hydrogen) atoms. The van der Waals surface area contributed by atoms with Crippen molar-refractivity contribution >= 4 is 5.69 Å². The van der Waals surface area contributed by atoms with Crippen LogP contribution in [-0.2, 0) is 6.42 Å². The second-order valence-corrected chi connectivity index (χ2v) is 5.71. The Labute approximate surface area is 110 Å². The Morgan fingerprint density at radius 1 is 1.28 bits per heavy atom. The maximum Gasteiger partial charge on any atom is 0.0596 e. The number of rotatable bonds is 1. The van der Waals surface area contributed by atoms with Gasteiger partial charge >= 0.3 is 0 Å². The Morgan fingerprint density at radius 2 is 2.11 bits per heavy atom. The molecule has 0 amide bonds. The predicted molar refractivity (Wildman–Crippen MR) is 77.7 cm³/mol. The lowest BCUT2D eigenvalue weighted by molar-refractivity contribution is 0.308. The average Bonchev–Trinajstić information content (AvgIpc) is 2.51. The third-order valence-electron chi connectivity index (χ3n) is 4.50. The van der Waals surface area contributed by atoms with Crippen molar-refractivity contribution in [1.82, 2.24) is 0 Å². The van der Waals surface area contributed by atoms with Crippen LogP contribution < -0.4 is 5.32 Å². The summed E-state index contributed by atoms with van der Waals surface area (Å²) in [6, 6.07) is 8.75. The van der Waals surface area contributed by atoms with Gasteiger partial charge in [0.15, 0.2) is 0 Å². The molecule has 1 aliphatic heterocycles. The minimum Gasteiger partial charge on any atom is -0.376 e. The molecule has 0 spiro atoms. The van der Waals surface area contributed by atoms with Gasteiger partial charge in [-0.15, -0.1) is 0 Å². The first-order chi connectivity index (χ1) is 8.73. The fourth-order valence-electron chi connectivity index (χ4n) is 3.44. The first kappa shape index (κ1) is 11.6. The number of para-hydroxylation sites is 1. The zero-order valence-electron chi connectivity index (χ0n) is 11.2. The molecule has 1 aromatic rings. The summed E-state index contributed by atoms with van der Waals surface area (Å²) >= 11 is 0. The van der Waals surface area contributed by atoms with Gasteiger partial charge in [-0.3, -0.25) is 0 Å². The maximum atomic E-state index is 3.76. The quantitative estimate of drug-likeness (QED) is 0.775. The van der Waals surface area contributed by atoms with Crippen molar-refractivity contribution < 1.29 is 0 Å². The van der Waals surface area contributed by atoms with E-state index in [0.29, 0.717) is 11.8 Å². The number of benzene rings is 1. The van der Waals surface area contributed by atoms with Crippen molar-refractivity contribution in [3.05, 3.63) is 54.1 Å². The van der Waals surface area contributed by atoms with Crippen LogP contribution in [0.1, 0.15) is 25.8 Å². The van der Waals surface area contributed by atoms with E-state index in [4.69, 9.17) is 0 Å². The summed E-state index contributed by atoms with van der Waals surface area (Å²) in [6.45, 7) is 4.63. The average molecular weight is 239 g/mol. The standard InChI is InChI=1S/C17H21N/c1-3-13-12-14-8-4-5-10-16(14)18-17(2)11-7-6-9-15(13)17/h4-11,13,15,18H,3,12H2,1-2H3. The molecule has 0 saturated heterocycles. The van der Waals surface area contributed by atoms with Gasteiger partial charge < -0.3 is 5.32 Å².